The van der Waals surface area contributed by atoms with Crippen molar-refractivity contribution in [3.05, 3.63) is 87.6 Å². The fraction of sp³-hybridized carbons (Fsp3) is 0.120. The first-order valence-electron chi connectivity index (χ1n) is 10.5. The van der Waals surface area contributed by atoms with Crippen LogP contribution in [-0.2, 0) is 0 Å². The van der Waals surface area contributed by atoms with Gasteiger partial charge in [0.25, 0.3) is 5.56 Å². The van der Waals surface area contributed by atoms with Gasteiger partial charge < -0.3 is 14.9 Å². The van der Waals surface area contributed by atoms with Crippen molar-refractivity contribution in [3.8, 4) is 28.3 Å². The minimum atomic E-state index is -1.51. The molecule has 1 heterocycles. The fourth-order valence-electron chi connectivity index (χ4n) is 3.51. The molecule has 0 atom stereocenters. The summed E-state index contributed by atoms with van der Waals surface area (Å²) < 4.78 is 20.3. The predicted octanol–water partition coefficient (Wildman–Crippen LogP) is 6.07. The average Bonchev–Trinajstić information content (AvgIpc) is 3.09. The van der Waals surface area contributed by atoms with Gasteiger partial charge in [0.1, 0.15) is 17.3 Å². The van der Waals surface area contributed by atoms with Crippen LogP contribution in [0.5, 0.6) is 11.5 Å². The molecule has 0 aliphatic carbocycles. The summed E-state index contributed by atoms with van der Waals surface area (Å²) in [6.07, 6.45) is -1.51. The monoisotopic (exact) mass is 476 g/mol. The Kier molecular flexibility index (Phi) is 6.20. The molecule has 0 spiro atoms. The van der Waals surface area contributed by atoms with Crippen molar-refractivity contribution in [2.45, 2.75) is 20.8 Å². The van der Waals surface area contributed by atoms with Crippen molar-refractivity contribution in [2.24, 2.45) is 10.2 Å². The van der Waals surface area contributed by atoms with Gasteiger partial charge in [-0.3, -0.25) is 9.89 Å². The van der Waals surface area contributed by atoms with E-state index in [2.05, 4.69) is 20.1 Å². The lowest BCUT2D eigenvalue weighted by Gasteiger charge is -2.09. The van der Waals surface area contributed by atoms with E-state index >= 15 is 0 Å². The Morgan fingerprint density at radius 2 is 1.80 bits per heavy atom. The molecule has 178 valence electrons. The van der Waals surface area contributed by atoms with Gasteiger partial charge in [0.05, 0.1) is 11.4 Å². The number of halogens is 1. The quantitative estimate of drug-likeness (QED) is 0.183. The Morgan fingerprint density at radius 1 is 1.03 bits per heavy atom. The third kappa shape index (κ3) is 4.81. The number of phenolic OH excluding ortho intramolecular Hbond substituents is 1. The zero-order valence-corrected chi connectivity index (χ0v) is 19.0. The maximum absolute atomic E-state index is 14.4. The number of nitrogens with one attached hydrogen (secondary N) is 1. The van der Waals surface area contributed by atoms with Gasteiger partial charge in [-0.15, -0.1) is 10.2 Å². The van der Waals surface area contributed by atoms with E-state index in [0.29, 0.717) is 16.9 Å². The molecule has 3 N–H and O–H groups in total. The number of ether oxygens (including phenoxy) is 1. The summed E-state index contributed by atoms with van der Waals surface area (Å²) in [5.74, 6) is -1.11. The van der Waals surface area contributed by atoms with Crippen molar-refractivity contribution < 1.29 is 24.1 Å². The number of benzene rings is 3. The van der Waals surface area contributed by atoms with Gasteiger partial charge in [0, 0.05) is 11.6 Å². The molecule has 9 nitrogen and oxygen atoms in total. The largest absolute Gasteiger partial charge is 0.511 e. The van der Waals surface area contributed by atoms with Crippen LogP contribution in [0.15, 0.2) is 69.6 Å². The van der Waals surface area contributed by atoms with Gasteiger partial charge in [0.2, 0.25) is 0 Å². The van der Waals surface area contributed by atoms with Gasteiger partial charge >= 0.3 is 6.16 Å². The molecular formula is C25H21FN4O5. The van der Waals surface area contributed by atoms with Gasteiger partial charge in [-0.2, -0.15) is 0 Å². The molecule has 0 unspecified atom stereocenters. The first-order chi connectivity index (χ1) is 16.6. The second-order valence-corrected chi connectivity index (χ2v) is 7.91. The number of nitrogens with zero attached hydrogens (tertiary/aromatic N) is 3. The molecule has 0 aliphatic rings. The maximum atomic E-state index is 14.4. The molecule has 0 radical (unpaired) electrons. The number of hydrogen-bond acceptors (Lipinski definition) is 6. The number of hydrogen-bond donors (Lipinski definition) is 3. The number of phenols is 1. The van der Waals surface area contributed by atoms with Gasteiger partial charge in [-0.25, -0.2) is 13.9 Å². The number of aromatic nitrogens is 2. The van der Waals surface area contributed by atoms with E-state index in [1.807, 2.05) is 26.0 Å². The summed E-state index contributed by atoms with van der Waals surface area (Å²) in [4.78, 5) is 23.8. The average molecular weight is 476 g/mol. The molecule has 0 aliphatic heterocycles. The van der Waals surface area contributed by atoms with Crippen LogP contribution in [0.1, 0.15) is 16.8 Å². The molecule has 0 amide bonds. The Bertz CT molecular complexity index is 1540. The Hall–Kier alpha value is -4.73. The van der Waals surface area contributed by atoms with Gasteiger partial charge in [0.15, 0.2) is 11.4 Å². The molecule has 0 bridgehead atoms. The first-order valence-corrected chi connectivity index (χ1v) is 10.5. The zero-order valence-electron chi connectivity index (χ0n) is 19.0. The Morgan fingerprint density at radius 3 is 2.51 bits per heavy atom. The zero-order chi connectivity index (χ0) is 25.3. The number of rotatable bonds is 5. The van der Waals surface area contributed by atoms with Gasteiger partial charge in [-0.05, 0) is 67.8 Å². The standard InChI is InChI=1S/C25H21FN4O5/c1-13-7-8-18(9-14(13)2)30-24(32)22(15(3)29-30)28-27-21-12-17(26)11-20(23(21)31)16-5-4-6-19(10-16)35-25(33)34/h4-12,29,31H,1-3H3,(H,33,34). The number of carboxylic acid groups (broad SMARTS) is 1. The number of aromatic amines is 1. The van der Waals surface area contributed by atoms with Crippen molar-refractivity contribution in [1.29, 1.82) is 0 Å². The molecule has 0 saturated heterocycles. The van der Waals surface area contributed by atoms with Crippen LogP contribution >= 0.6 is 0 Å². The molecule has 0 saturated carbocycles. The lowest BCUT2D eigenvalue weighted by molar-refractivity contribution is 0.144. The summed E-state index contributed by atoms with van der Waals surface area (Å²) in [7, 11) is 0. The van der Waals surface area contributed by atoms with Crippen molar-refractivity contribution in [1.82, 2.24) is 9.78 Å². The SMILES string of the molecule is Cc1ccc(-n2[nH]c(C)c(N=Nc3cc(F)cc(-c4cccc(OC(=O)O)c4)c3O)c2=O)cc1C. The topological polar surface area (TPSA) is 129 Å². The number of aryl methyl sites for hydroxylation is 3. The summed E-state index contributed by atoms with van der Waals surface area (Å²) in [5.41, 5.74) is 2.85. The molecule has 10 heteroatoms. The summed E-state index contributed by atoms with van der Waals surface area (Å²) in [6, 6.07) is 13.4. The van der Waals surface area contributed by atoms with E-state index in [1.54, 1.807) is 19.1 Å². The molecular weight excluding hydrogens is 455 g/mol. The summed E-state index contributed by atoms with van der Waals surface area (Å²) in [5, 5.41) is 30.4. The van der Waals surface area contributed by atoms with Crippen LogP contribution in [0.2, 0.25) is 0 Å². The molecule has 35 heavy (non-hydrogen) atoms. The molecule has 4 aromatic rings. The van der Waals surface area contributed by atoms with Crippen LogP contribution < -0.4 is 10.3 Å². The number of carbonyl (C=O) groups is 1. The molecule has 4 rings (SSSR count). The summed E-state index contributed by atoms with van der Waals surface area (Å²) in [6.45, 7) is 5.56. The second-order valence-electron chi connectivity index (χ2n) is 7.91. The van der Waals surface area contributed by atoms with E-state index < -0.39 is 23.3 Å². The fourth-order valence-corrected chi connectivity index (χ4v) is 3.51. The minimum Gasteiger partial charge on any atom is -0.505 e. The number of H-pyrrole nitrogens is 1. The van der Waals surface area contributed by atoms with Crippen LogP contribution in [0.25, 0.3) is 16.8 Å². The number of aromatic hydroxyl groups is 1. The molecule has 1 aromatic heterocycles. The molecule has 0 fully saturated rings. The smallest absolute Gasteiger partial charge is 0.505 e. The van der Waals surface area contributed by atoms with Crippen molar-refractivity contribution in [3.63, 3.8) is 0 Å². The highest BCUT2D eigenvalue weighted by Crippen LogP contribution is 2.39. The normalized spacial score (nSPS) is 11.2. The van der Waals surface area contributed by atoms with Gasteiger partial charge in [-0.1, -0.05) is 18.2 Å². The van der Waals surface area contributed by atoms with Crippen LogP contribution in [0.3, 0.4) is 0 Å². The van der Waals surface area contributed by atoms with E-state index in [4.69, 9.17) is 5.11 Å². The lowest BCUT2D eigenvalue weighted by atomic mass is 10.0. The maximum Gasteiger partial charge on any atom is 0.511 e. The van der Waals surface area contributed by atoms with Crippen LogP contribution in [0.4, 0.5) is 20.6 Å². The Balaban J connectivity index is 1.72. The van der Waals surface area contributed by atoms with E-state index in [1.165, 1.54) is 22.9 Å². The third-order valence-electron chi connectivity index (χ3n) is 5.45. The minimum absolute atomic E-state index is 0.00308. The van der Waals surface area contributed by atoms with E-state index in [0.717, 1.165) is 23.3 Å². The second kappa shape index (κ2) is 9.26. The number of azo groups is 1. The highest BCUT2D eigenvalue weighted by Gasteiger charge is 2.16. The highest BCUT2D eigenvalue weighted by atomic mass is 19.1. The van der Waals surface area contributed by atoms with Crippen LogP contribution in [-0.4, -0.2) is 26.1 Å². The van der Waals surface area contributed by atoms with E-state index in [9.17, 15) is 19.1 Å². The molecule has 3 aromatic carbocycles. The van der Waals surface area contributed by atoms with Crippen molar-refractivity contribution >= 4 is 17.5 Å². The third-order valence-corrected chi connectivity index (χ3v) is 5.45. The van der Waals surface area contributed by atoms with Crippen LogP contribution in [0, 0.1) is 26.6 Å². The Labute approximate surface area is 198 Å². The highest BCUT2D eigenvalue weighted by molar-refractivity contribution is 5.77. The van der Waals surface area contributed by atoms with Crippen molar-refractivity contribution in [2.75, 3.05) is 0 Å². The first kappa shape index (κ1) is 23.4. The summed E-state index contributed by atoms with van der Waals surface area (Å²) >= 11 is 0. The van der Waals surface area contributed by atoms with E-state index in [-0.39, 0.29) is 22.7 Å². The predicted molar refractivity (Wildman–Crippen MR) is 127 cm³/mol. The lowest BCUT2D eigenvalue weighted by Crippen LogP contribution is -2.14.